The SMILES string of the molecule is COCc1nc(C2CCCCCC2)nc(N)c1I. The third kappa shape index (κ3) is 3.32. The number of anilines is 1. The maximum absolute atomic E-state index is 5.98. The summed E-state index contributed by atoms with van der Waals surface area (Å²) in [6, 6.07) is 0. The fraction of sp³-hybridized carbons (Fsp3) is 0.692. The van der Waals surface area contributed by atoms with Crippen LogP contribution >= 0.6 is 22.6 Å². The summed E-state index contributed by atoms with van der Waals surface area (Å²) in [6.45, 7) is 0.505. The number of nitrogens with two attached hydrogens (primary N) is 1. The molecule has 0 amide bonds. The highest BCUT2D eigenvalue weighted by atomic mass is 127. The topological polar surface area (TPSA) is 61.0 Å². The van der Waals surface area contributed by atoms with Gasteiger partial charge in [-0.3, -0.25) is 0 Å². The molecule has 0 aliphatic heterocycles. The largest absolute Gasteiger partial charge is 0.383 e. The standard InChI is InChI=1S/C13H20IN3O/c1-18-8-10-11(14)12(15)17-13(16-10)9-6-4-2-3-5-7-9/h9H,2-8H2,1H3,(H2,15,16,17). The van der Waals surface area contributed by atoms with Gasteiger partial charge in [-0.1, -0.05) is 25.7 Å². The predicted octanol–water partition coefficient (Wildman–Crippen LogP) is 3.25. The second kappa shape index (κ2) is 6.65. The molecule has 100 valence electrons. The van der Waals surface area contributed by atoms with E-state index >= 15 is 0 Å². The summed E-state index contributed by atoms with van der Waals surface area (Å²) in [7, 11) is 1.68. The van der Waals surface area contributed by atoms with E-state index in [9.17, 15) is 0 Å². The third-order valence-corrected chi connectivity index (χ3v) is 4.64. The van der Waals surface area contributed by atoms with E-state index in [-0.39, 0.29) is 0 Å². The van der Waals surface area contributed by atoms with Gasteiger partial charge >= 0.3 is 0 Å². The molecule has 4 nitrogen and oxygen atoms in total. The Bertz CT molecular complexity index is 403. The van der Waals surface area contributed by atoms with Crippen LogP contribution in [0.3, 0.4) is 0 Å². The highest BCUT2D eigenvalue weighted by Gasteiger charge is 2.19. The maximum Gasteiger partial charge on any atom is 0.141 e. The van der Waals surface area contributed by atoms with Crippen LogP contribution in [0.2, 0.25) is 0 Å². The lowest BCUT2D eigenvalue weighted by atomic mass is 9.99. The highest BCUT2D eigenvalue weighted by molar-refractivity contribution is 14.1. The molecule has 1 aromatic heterocycles. The van der Waals surface area contributed by atoms with E-state index < -0.39 is 0 Å². The van der Waals surface area contributed by atoms with E-state index in [1.54, 1.807) is 7.11 Å². The van der Waals surface area contributed by atoms with Crippen LogP contribution in [0.4, 0.5) is 5.82 Å². The van der Waals surface area contributed by atoms with Gasteiger partial charge in [0.2, 0.25) is 0 Å². The van der Waals surface area contributed by atoms with Crippen LogP contribution in [0, 0.1) is 3.57 Å². The average Bonchev–Trinajstić information content (AvgIpc) is 2.63. The highest BCUT2D eigenvalue weighted by Crippen LogP contribution is 2.31. The molecule has 0 atom stereocenters. The van der Waals surface area contributed by atoms with Crippen LogP contribution in [0.25, 0.3) is 0 Å². The van der Waals surface area contributed by atoms with Crippen molar-refractivity contribution in [3.8, 4) is 0 Å². The monoisotopic (exact) mass is 361 g/mol. The van der Waals surface area contributed by atoms with Gasteiger partial charge in [0, 0.05) is 13.0 Å². The minimum atomic E-state index is 0.474. The lowest BCUT2D eigenvalue weighted by Crippen LogP contribution is -2.11. The molecule has 1 heterocycles. The Balaban J connectivity index is 2.26. The van der Waals surface area contributed by atoms with Crippen molar-refractivity contribution in [3.63, 3.8) is 0 Å². The number of ether oxygens (including phenoxy) is 1. The predicted molar refractivity (Wildman–Crippen MR) is 80.3 cm³/mol. The van der Waals surface area contributed by atoms with E-state index in [1.165, 1.54) is 38.5 Å². The van der Waals surface area contributed by atoms with Gasteiger partial charge < -0.3 is 10.5 Å². The zero-order valence-corrected chi connectivity index (χ0v) is 12.9. The molecule has 5 heteroatoms. The third-order valence-electron chi connectivity index (χ3n) is 3.46. The number of methoxy groups -OCH3 is 1. The summed E-state index contributed by atoms with van der Waals surface area (Å²) in [5, 5.41) is 0. The molecule has 2 rings (SSSR count). The Kier molecular flexibility index (Phi) is 5.17. The molecular formula is C13H20IN3O. The molecule has 1 aliphatic rings. The molecule has 1 saturated carbocycles. The molecule has 0 unspecified atom stereocenters. The van der Waals surface area contributed by atoms with Gasteiger partial charge in [-0.25, -0.2) is 9.97 Å². The Hall–Kier alpha value is -0.430. The molecule has 1 aliphatic carbocycles. The number of aromatic nitrogens is 2. The van der Waals surface area contributed by atoms with Crippen molar-refractivity contribution in [2.24, 2.45) is 0 Å². The molecule has 1 aromatic rings. The van der Waals surface area contributed by atoms with E-state index in [0.717, 1.165) is 15.1 Å². The first-order valence-electron chi connectivity index (χ1n) is 6.53. The second-order valence-electron chi connectivity index (χ2n) is 4.85. The fourth-order valence-corrected chi connectivity index (χ4v) is 2.88. The lowest BCUT2D eigenvalue weighted by molar-refractivity contribution is 0.180. The molecule has 2 N–H and O–H groups in total. The van der Waals surface area contributed by atoms with Gasteiger partial charge in [-0.2, -0.15) is 0 Å². The van der Waals surface area contributed by atoms with Crippen molar-refractivity contribution in [2.45, 2.75) is 51.0 Å². The Morgan fingerprint density at radius 3 is 2.50 bits per heavy atom. The van der Waals surface area contributed by atoms with E-state index in [1.807, 2.05) is 0 Å². The molecule has 18 heavy (non-hydrogen) atoms. The summed E-state index contributed by atoms with van der Waals surface area (Å²) >= 11 is 2.19. The van der Waals surface area contributed by atoms with Crippen LogP contribution in [-0.2, 0) is 11.3 Å². The molecule has 0 spiro atoms. The van der Waals surface area contributed by atoms with Gasteiger partial charge in [0.25, 0.3) is 0 Å². The molecule has 0 saturated heterocycles. The van der Waals surface area contributed by atoms with Crippen molar-refractivity contribution < 1.29 is 4.74 Å². The maximum atomic E-state index is 5.98. The second-order valence-corrected chi connectivity index (χ2v) is 5.93. The summed E-state index contributed by atoms with van der Waals surface area (Å²) < 4.78 is 6.10. The van der Waals surface area contributed by atoms with Crippen molar-refractivity contribution in [1.82, 2.24) is 9.97 Å². The van der Waals surface area contributed by atoms with Crippen LogP contribution in [-0.4, -0.2) is 17.1 Å². The van der Waals surface area contributed by atoms with E-state index in [0.29, 0.717) is 18.3 Å². The minimum Gasteiger partial charge on any atom is -0.383 e. The normalized spacial score (nSPS) is 17.7. The van der Waals surface area contributed by atoms with Gasteiger partial charge in [-0.15, -0.1) is 0 Å². The number of halogens is 1. The Morgan fingerprint density at radius 1 is 1.22 bits per heavy atom. The van der Waals surface area contributed by atoms with Gasteiger partial charge in [0.1, 0.15) is 11.6 Å². The van der Waals surface area contributed by atoms with E-state index in [4.69, 9.17) is 10.5 Å². The van der Waals surface area contributed by atoms with Gasteiger partial charge in [-0.05, 0) is 35.4 Å². The van der Waals surface area contributed by atoms with Crippen molar-refractivity contribution in [2.75, 3.05) is 12.8 Å². The van der Waals surface area contributed by atoms with Crippen molar-refractivity contribution in [1.29, 1.82) is 0 Å². The number of nitrogen functional groups attached to an aromatic ring is 1. The summed E-state index contributed by atoms with van der Waals surface area (Å²) in [6.07, 6.45) is 7.60. The Morgan fingerprint density at radius 2 is 1.89 bits per heavy atom. The smallest absolute Gasteiger partial charge is 0.141 e. The lowest BCUT2D eigenvalue weighted by Gasteiger charge is -2.15. The molecular weight excluding hydrogens is 341 g/mol. The van der Waals surface area contributed by atoms with Crippen molar-refractivity contribution >= 4 is 28.4 Å². The van der Waals surface area contributed by atoms with E-state index in [2.05, 4.69) is 32.6 Å². The summed E-state index contributed by atoms with van der Waals surface area (Å²) in [5.74, 6) is 1.99. The Labute approximate surface area is 122 Å². The van der Waals surface area contributed by atoms with Crippen LogP contribution in [0.1, 0.15) is 56.0 Å². The number of rotatable bonds is 3. The van der Waals surface area contributed by atoms with Gasteiger partial charge in [0.15, 0.2) is 0 Å². The molecule has 1 fully saturated rings. The molecule has 0 aromatic carbocycles. The zero-order valence-electron chi connectivity index (χ0n) is 10.8. The molecule has 0 bridgehead atoms. The zero-order chi connectivity index (χ0) is 13.0. The van der Waals surface area contributed by atoms with Crippen LogP contribution < -0.4 is 5.73 Å². The quantitative estimate of drug-likeness (QED) is 0.663. The van der Waals surface area contributed by atoms with Gasteiger partial charge in [0.05, 0.1) is 15.9 Å². The van der Waals surface area contributed by atoms with Crippen LogP contribution in [0.5, 0.6) is 0 Å². The van der Waals surface area contributed by atoms with Crippen LogP contribution in [0.15, 0.2) is 0 Å². The number of hydrogen-bond acceptors (Lipinski definition) is 4. The average molecular weight is 361 g/mol. The summed E-state index contributed by atoms with van der Waals surface area (Å²) in [5.41, 5.74) is 6.90. The fourth-order valence-electron chi connectivity index (χ4n) is 2.49. The number of hydrogen-bond donors (Lipinski definition) is 1. The summed E-state index contributed by atoms with van der Waals surface area (Å²) in [4.78, 5) is 9.15. The van der Waals surface area contributed by atoms with Crippen molar-refractivity contribution in [3.05, 3.63) is 15.1 Å². The molecule has 0 radical (unpaired) electrons. The first-order valence-corrected chi connectivity index (χ1v) is 7.61. The first-order chi connectivity index (χ1) is 8.72. The number of nitrogens with zero attached hydrogens (tertiary/aromatic N) is 2. The minimum absolute atomic E-state index is 0.474. The first kappa shape index (κ1) is 14.0.